The lowest BCUT2D eigenvalue weighted by Crippen LogP contribution is -2.50. The first-order valence-electron chi connectivity index (χ1n) is 10.0. The molecular formula is C22H25F2N3O2S. The molecular weight excluding hydrogens is 408 g/mol. The van der Waals surface area contributed by atoms with Crippen LogP contribution < -0.4 is 0 Å². The van der Waals surface area contributed by atoms with Crippen LogP contribution in [0.1, 0.15) is 36.4 Å². The zero-order valence-electron chi connectivity index (χ0n) is 16.7. The Kier molecular flexibility index (Phi) is 7.53. The van der Waals surface area contributed by atoms with Crippen molar-refractivity contribution in [3.63, 3.8) is 0 Å². The Hall–Kier alpha value is -2.34. The minimum absolute atomic E-state index is 0.0496. The Morgan fingerprint density at radius 2 is 1.37 bits per heavy atom. The van der Waals surface area contributed by atoms with Crippen molar-refractivity contribution in [3.8, 4) is 6.07 Å². The maximum atomic E-state index is 13.4. The molecule has 0 unspecified atom stereocenters. The van der Waals surface area contributed by atoms with E-state index in [4.69, 9.17) is 5.26 Å². The number of unbranched alkanes of at least 4 members (excludes halogenated alkanes) is 2. The number of nitriles is 1. The van der Waals surface area contributed by atoms with E-state index in [1.807, 2.05) is 6.07 Å². The topological polar surface area (TPSA) is 64.4 Å². The lowest BCUT2D eigenvalue weighted by Gasteiger charge is -2.39. The van der Waals surface area contributed by atoms with Crippen LogP contribution in [0.2, 0.25) is 0 Å². The smallest absolute Gasteiger partial charge is 0.214 e. The van der Waals surface area contributed by atoms with Gasteiger partial charge in [0.2, 0.25) is 10.0 Å². The molecule has 8 heteroatoms. The summed E-state index contributed by atoms with van der Waals surface area (Å²) in [6.07, 6.45) is 1.41. The lowest BCUT2D eigenvalue weighted by molar-refractivity contribution is 0.155. The van der Waals surface area contributed by atoms with E-state index in [-0.39, 0.29) is 23.4 Å². The Balaban J connectivity index is 1.73. The third-order valence-electron chi connectivity index (χ3n) is 5.34. The molecule has 2 aromatic carbocycles. The van der Waals surface area contributed by atoms with Crippen molar-refractivity contribution in [2.45, 2.75) is 25.3 Å². The van der Waals surface area contributed by atoms with E-state index < -0.39 is 10.0 Å². The van der Waals surface area contributed by atoms with Gasteiger partial charge in [-0.1, -0.05) is 24.3 Å². The maximum Gasteiger partial charge on any atom is 0.214 e. The highest BCUT2D eigenvalue weighted by atomic mass is 32.2. The predicted octanol–water partition coefficient (Wildman–Crippen LogP) is 3.70. The van der Waals surface area contributed by atoms with Gasteiger partial charge in [-0.15, -0.1) is 0 Å². The van der Waals surface area contributed by atoms with Crippen molar-refractivity contribution in [2.24, 2.45) is 0 Å². The van der Waals surface area contributed by atoms with Crippen LogP contribution in [0.25, 0.3) is 0 Å². The van der Waals surface area contributed by atoms with E-state index in [1.54, 1.807) is 24.3 Å². The summed E-state index contributed by atoms with van der Waals surface area (Å²) in [5.74, 6) is -0.610. The van der Waals surface area contributed by atoms with Gasteiger partial charge in [-0.2, -0.15) is 9.57 Å². The number of sulfonamides is 1. The van der Waals surface area contributed by atoms with Gasteiger partial charge in [0.15, 0.2) is 0 Å². The molecule has 0 aromatic heterocycles. The monoisotopic (exact) mass is 433 g/mol. The number of halogens is 2. The lowest BCUT2D eigenvalue weighted by atomic mass is 9.96. The SMILES string of the molecule is N#CCCCCS(=O)(=O)N1CCN(C(c2ccc(F)cc2)c2ccc(F)cc2)CC1. The standard InChI is InChI=1S/C22H25F2N3O2S/c23-20-8-4-18(5-9-20)22(19-6-10-21(24)11-7-19)26-13-15-27(16-14-26)30(28,29)17-3-1-2-12-25/h4-11,22H,1-3,13-17H2. The van der Waals surface area contributed by atoms with Gasteiger partial charge in [-0.25, -0.2) is 17.2 Å². The summed E-state index contributed by atoms with van der Waals surface area (Å²) in [7, 11) is -3.36. The molecule has 1 aliphatic rings. The van der Waals surface area contributed by atoms with E-state index in [2.05, 4.69) is 4.90 Å². The Morgan fingerprint density at radius 1 is 0.867 bits per heavy atom. The van der Waals surface area contributed by atoms with E-state index in [9.17, 15) is 17.2 Å². The van der Waals surface area contributed by atoms with Crippen LogP contribution in [0.15, 0.2) is 48.5 Å². The van der Waals surface area contributed by atoms with Crippen LogP contribution in [-0.4, -0.2) is 49.6 Å². The van der Waals surface area contributed by atoms with Crippen LogP contribution in [0.5, 0.6) is 0 Å². The zero-order chi connectivity index (χ0) is 21.6. The van der Waals surface area contributed by atoms with E-state index >= 15 is 0 Å². The fraction of sp³-hybridized carbons (Fsp3) is 0.409. The number of benzene rings is 2. The third-order valence-corrected chi connectivity index (χ3v) is 7.30. The van der Waals surface area contributed by atoms with Crippen LogP contribution in [-0.2, 0) is 10.0 Å². The molecule has 0 amide bonds. The molecule has 0 spiro atoms. The molecule has 1 aliphatic heterocycles. The molecule has 2 aromatic rings. The van der Waals surface area contributed by atoms with Gasteiger partial charge in [0.1, 0.15) is 11.6 Å². The van der Waals surface area contributed by atoms with Gasteiger partial charge in [-0.05, 0) is 48.2 Å². The predicted molar refractivity (Wildman–Crippen MR) is 111 cm³/mol. The summed E-state index contributed by atoms with van der Waals surface area (Å²) in [6.45, 7) is 1.74. The number of piperazine rings is 1. The summed E-state index contributed by atoms with van der Waals surface area (Å²) in [6, 6.07) is 14.2. The van der Waals surface area contributed by atoms with Crippen molar-refractivity contribution >= 4 is 10.0 Å². The highest BCUT2D eigenvalue weighted by Crippen LogP contribution is 2.30. The second kappa shape index (κ2) is 10.1. The first kappa shape index (κ1) is 22.3. The summed E-state index contributed by atoms with van der Waals surface area (Å²) in [5.41, 5.74) is 1.74. The van der Waals surface area contributed by atoms with Crippen LogP contribution in [0.4, 0.5) is 8.78 Å². The van der Waals surface area contributed by atoms with E-state index in [0.717, 1.165) is 11.1 Å². The van der Waals surface area contributed by atoms with Crippen molar-refractivity contribution in [3.05, 3.63) is 71.3 Å². The number of hydrogen-bond acceptors (Lipinski definition) is 4. The quantitative estimate of drug-likeness (QED) is 0.596. The van der Waals surface area contributed by atoms with Crippen molar-refractivity contribution in [1.82, 2.24) is 9.21 Å². The second-order valence-corrected chi connectivity index (χ2v) is 9.46. The van der Waals surface area contributed by atoms with Gasteiger partial charge < -0.3 is 0 Å². The number of hydrogen-bond donors (Lipinski definition) is 0. The fourth-order valence-corrected chi connectivity index (χ4v) is 5.31. The zero-order valence-corrected chi connectivity index (χ0v) is 17.5. The van der Waals surface area contributed by atoms with Crippen LogP contribution in [0, 0.1) is 23.0 Å². The van der Waals surface area contributed by atoms with Crippen LogP contribution >= 0.6 is 0 Å². The van der Waals surface area contributed by atoms with Crippen molar-refractivity contribution in [1.29, 1.82) is 5.26 Å². The largest absolute Gasteiger partial charge is 0.290 e. The van der Waals surface area contributed by atoms with Gasteiger partial charge in [0, 0.05) is 32.6 Å². The summed E-state index contributed by atoms with van der Waals surface area (Å²) >= 11 is 0. The van der Waals surface area contributed by atoms with Gasteiger partial charge in [0.25, 0.3) is 0 Å². The summed E-state index contributed by atoms with van der Waals surface area (Å²) in [4.78, 5) is 2.14. The average molecular weight is 434 g/mol. The van der Waals surface area contributed by atoms with Crippen molar-refractivity contribution in [2.75, 3.05) is 31.9 Å². The molecule has 0 N–H and O–H groups in total. The minimum Gasteiger partial charge on any atom is -0.290 e. The second-order valence-electron chi connectivity index (χ2n) is 7.37. The van der Waals surface area contributed by atoms with Gasteiger partial charge in [-0.3, -0.25) is 4.90 Å². The average Bonchev–Trinajstić information content (AvgIpc) is 2.75. The molecule has 0 atom stereocenters. The Morgan fingerprint density at radius 3 is 1.83 bits per heavy atom. The number of nitrogens with zero attached hydrogens (tertiary/aromatic N) is 3. The maximum absolute atomic E-state index is 13.4. The molecule has 160 valence electrons. The minimum atomic E-state index is -3.36. The van der Waals surface area contributed by atoms with E-state index in [1.165, 1.54) is 28.6 Å². The third kappa shape index (κ3) is 5.63. The van der Waals surface area contributed by atoms with Crippen molar-refractivity contribution < 1.29 is 17.2 Å². The molecule has 0 bridgehead atoms. The molecule has 1 heterocycles. The Labute approximate surface area is 176 Å². The first-order valence-corrected chi connectivity index (χ1v) is 11.6. The van der Waals surface area contributed by atoms with Gasteiger partial charge >= 0.3 is 0 Å². The number of rotatable bonds is 8. The summed E-state index contributed by atoms with van der Waals surface area (Å²) in [5, 5.41) is 8.59. The van der Waals surface area contributed by atoms with Gasteiger partial charge in [0.05, 0.1) is 17.9 Å². The highest BCUT2D eigenvalue weighted by molar-refractivity contribution is 7.89. The van der Waals surface area contributed by atoms with E-state index in [0.29, 0.717) is 45.4 Å². The summed E-state index contributed by atoms with van der Waals surface area (Å²) < 4.78 is 53.5. The molecule has 3 rings (SSSR count). The molecule has 5 nitrogen and oxygen atoms in total. The van der Waals surface area contributed by atoms with Crippen LogP contribution in [0.3, 0.4) is 0 Å². The normalized spacial score (nSPS) is 15.9. The molecule has 0 radical (unpaired) electrons. The first-order chi connectivity index (χ1) is 14.4. The molecule has 1 fully saturated rings. The Bertz CT molecular complexity index is 919. The molecule has 1 saturated heterocycles. The molecule has 0 aliphatic carbocycles. The molecule has 0 saturated carbocycles. The fourth-order valence-electron chi connectivity index (χ4n) is 3.76. The molecule has 30 heavy (non-hydrogen) atoms. The highest BCUT2D eigenvalue weighted by Gasteiger charge is 2.31.